The van der Waals surface area contributed by atoms with Crippen LogP contribution in [0.25, 0.3) is 16.9 Å². The number of alkyl halides is 1. The van der Waals surface area contributed by atoms with Crippen LogP contribution in [0, 0.1) is 11.6 Å². The number of aromatic nitrogens is 4. The summed E-state index contributed by atoms with van der Waals surface area (Å²) < 4.78 is 69.4. The number of imidazole rings is 1. The van der Waals surface area contributed by atoms with E-state index in [1.165, 1.54) is 32.4 Å². The Morgan fingerprint density at radius 2 is 1.82 bits per heavy atom. The molecule has 2 heterocycles. The topological polar surface area (TPSA) is 127 Å². The molecule has 0 unspecified atom stereocenters. The molecule has 0 aliphatic rings. The number of aromatic amines is 1. The summed E-state index contributed by atoms with van der Waals surface area (Å²) in [5, 5.41) is -0.0666. The molecule has 0 fully saturated rings. The van der Waals surface area contributed by atoms with Gasteiger partial charge in [0, 0.05) is 12.1 Å². The smallest absolute Gasteiger partial charge is 0.344 e. The SMILES string of the molecule is CCOC(=O)COc1cc(Cl)c(-n2c(=O)[nH]c3c(OC)nc(CF)nc32)cc1OCc1c(OC)ccc(F)c1F. The molecule has 0 spiro atoms. The molecule has 0 amide bonds. The van der Waals surface area contributed by atoms with Gasteiger partial charge >= 0.3 is 11.7 Å². The molecule has 15 heteroatoms. The lowest BCUT2D eigenvalue weighted by Gasteiger charge is -2.17. The van der Waals surface area contributed by atoms with Crippen molar-refractivity contribution in [3.63, 3.8) is 0 Å². The minimum atomic E-state index is -1.20. The number of carbonyl (C=O) groups is 1. The number of ether oxygens (including phenoxy) is 5. The van der Waals surface area contributed by atoms with Crippen LogP contribution in [-0.2, 0) is 22.8 Å². The first-order valence-electron chi connectivity index (χ1n) is 11.6. The van der Waals surface area contributed by atoms with Gasteiger partial charge in [-0.3, -0.25) is 4.98 Å². The summed E-state index contributed by atoms with van der Waals surface area (Å²) in [5.41, 5.74) is -0.976. The highest BCUT2D eigenvalue weighted by atomic mass is 35.5. The summed E-state index contributed by atoms with van der Waals surface area (Å²) in [7, 11) is 2.56. The van der Waals surface area contributed by atoms with Crippen molar-refractivity contribution in [3.8, 4) is 28.8 Å². The van der Waals surface area contributed by atoms with Crippen LogP contribution in [0.2, 0.25) is 5.02 Å². The fourth-order valence-corrected chi connectivity index (χ4v) is 3.98. The predicted octanol–water partition coefficient (Wildman–Crippen LogP) is 4.05. The van der Waals surface area contributed by atoms with Crippen LogP contribution in [0.15, 0.2) is 29.1 Å². The van der Waals surface area contributed by atoms with Crippen molar-refractivity contribution in [2.45, 2.75) is 20.2 Å². The molecule has 0 bridgehead atoms. The Balaban J connectivity index is 1.84. The Labute approximate surface area is 229 Å². The van der Waals surface area contributed by atoms with E-state index in [1.807, 2.05) is 0 Å². The molecule has 0 saturated carbocycles. The molecular formula is C25H22ClF3N4O7. The third-order valence-electron chi connectivity index (χ3n) is 5.51. The number of nitrogens with one attached hydrogen (secondary N) is 1. The van der Waals surface area contributed by atoms with Gasteiger partial charge in [0.05, 0.1) is 37.1 Å². The minimum Gasteiger partial charge on any atom is -0.496 e. The summed E-state index contributed by atoms with van der Waals surface area (Å²) >= 11 is 6.50. The van der Waals surface area contributed by atoms with Crippen molar-refractivity contribution in [2.75, 3.05) is 27.4 Å². The average Bonchev–Trinajstić information content (AvgIpc) is 3.28. The van der Waals surface area contributed by atoms with Crippen LogP contribution in [0.4, 0.5) is 13.2 Å². The van der Waals surface area contributed by atoms with E-state index in [2.05, 4.69) is 15.0 Å². The number of benzene rings is 2. The quantitative estimate of drug-likeness (QED) is 0.261. The van der Waals surface area contributed by atoms with E-state index in [-0.39, 0.29) is 63.0 Å². The molecular weight excluding hydrogens is 561 g/mol. The second-order valence-electron chi connectivity index (χ2n) is 7.92. The zero-order valence-corrected chi connectivity index (χ0v) is 22.1. The summed E-state index contributed by atoms with van der Waals surface area (Å²) in [4.78, 5) is 35.4. The lowest BCUT2D eigenvalue weighted by atomic mass is 10.2. The first-order chi connectivity index (χ1) is 19.2. The Morgan fingerprint density at radius 3 is 2.50 bits per heavy atom. The summed E-state index contributed by atoms with van der Waals surface area (Å²) in [6, 6.07) is 4.62. The summed E-state index contributed by atoms with van der Waals surface area (Å²) in [5.74, 6) is -3.55. The first kappa shape index (κ1) is 28.5. The Kier molecular flexibility index (Phi) is 8.67. The second kappa shape index (κ2) is 12.2. The van der Waals surface area contributed by atoms with Crippen molar-refractivity contribution in [1.29, 1.82) is 0 Å². The molecule has 0 radical (unpaired) electrons. The van der Waals surface area contributed by atoms with Crippen LogP contribution >= 0.6 is 11.6 Å². The zero-order valence-electron chi connectivity index (χ0n) is 21.3. The molecule has 0 saturated heterocycles. The maximum absolute atomic E-state index is 14.6. The largest absolute Gasteiger partial charge is 0.496 e. The van der Waals surface area contributed by atoms with Gasteiger partial charge in [-0.1, -0.05) is 11.6 Å². The van der Waals surface area contributed by atoms with E-state index < -0.39 is 43.2 Å². The van der Waals surface area contributed by atoms with Crippen LogP contribution < -0.4 is 24.6 Å². The third-order valence-corrected chi connectivity index (χ3v) is 5.82. The standard InChI is InChI=1S/C25H22ClF3N4O7/c1-4-38-20(34)11-40-17-7-13(26)15(8-18(17)39-10-12-16(36-2)6-5-14(28)21(12)29)33-23-22(32-25(33)35)24(37-3)31-19(9-27)30-23/h5-8H,4,9-11H2,1-3H3,(H,32,35). The number of esters is 1. The van der Waals surface area contributed by atoms with Gasteiger partial charge in [-0.2, -0.15) is 4.98 Å². The number of hydrogen-bond donors (Lipinski definition) is 1. The van der Waals surface area contributed by atoms with E-state index >= 15 is 0 Å². The molecule has 0 aliphatic carbocycles. The lowest BCUT2D eigenvalue weighted by molar-refractivity contribution is -0.145. The third kappa shape index (κ3) is 5.61. The lowest BCUT2D eigenvalue weighted by Crippen LogP contribution is -2.17. The monoisotopic (exact) mass is 582 g/mol. The molecule has 212 valence electrons. The molecule has 0 aliphatic heterocycles. The molecule has 4 aromatic rings. The van der Waals surface area contributed by atoms with Gasteiger partial charge in [0.15, 0.2) is 41.2 Å². The fraction of sp³-hybridized carbons (Fsp3) is 0.280. The minimum absolute atomic E-state index is 0.00589. The number of methoxy groups -OCH3 is 2. The van der Waals surface area contributed by atoms with Gasteiger partial charge in [0.1, 0.15) is 24.5 Å². The number of carbonyl (C=O) groups excluding carboxylic acids is 1. The van der Waals surface area contributed by atoms with Crippen molar-refractivity contribution in [1.82, 2.24) is 19.5 Å². The van der Waals surface area contributed by atoms with Crippen LogP contribution in [0.1, 0.15) is 18.3 Å². The number of fused-ring (bicyclic) bond motifs is 1. The Morgan fingerprint density at radius 1 is 1.07 bits per heavy atom. The van der Waals surface area contributed by atoms with Crippen LogP contribution in [0.3, 0.4) is 0 Å². The van der Waals surface area contributed by atoms with E-state index in [9.17, 15) is 22.8 Å². The van der Waals surface area contributed by atoms with Crippen molar-refractivity contribution in [3.05, 3.63) is 62.8 Å². The maximum Gasteiger partial charge on any atom is 0.344 e. The molecule has 40 heavy (non-hydrogen) atoms. The highest BCUT2D eigenvalue weighted by Crippen LogP contribution is 2.37. The predicted molar refractivity (Wildman–Crippen MR) is 135 cm³/mol. The highest BCUT2D eigenvalue weighted by Gasteiger charge is 2.23. The summed E-state index contributed by atoms with van der Waals surface area (Å²) in [6.45, 7) is -0.400. The zero-order chi connectivity index (χ0) is 29.0. The van der Waals surface area contributed by atoms with Gasteiger partial charge < -0.3 is 23.7 Å². The number of rotatable bonds is 11. The molecule has 0 atom stereocenters. The second-order valence-corrected chi connectivity index (χ2v) is 8.33. The first-order valence-corrected chi connectivity index (χ1v) is 12.0. The van der Waals surface area contributed by atoms with E-state index in [4.69, 9.17) is 35.3 Å². The van der Waals surface area contributed by atoms with Crippen LogP contribution in [0.5, 0.6) is 23.1 Å². The molecule has 11 nitrogen and oxygen atoms in total. The van der Waals surface area contributed by atoms with Gasteiger partial charge in [-0.05, 0) is 19.1 Å². The van der Waals surface area contributed by atoms with Gasteiger partial charge in [0.2, 0.25) is 5.88 Å². The number of nitrogens with zero attached hydrogens (tertiary/aromatic N) is 3. The van der Waals surface area contributed by atoms with Crippen LogP contribution in [-0.4, -0.2) is 52.9 Å². The average molecular weight is 583 g/mol. The number of H-pyrrole nitrogens is 1. The summed E-state index contributed by atoms with van der Waals surface area (Å²) in [6.07, 6.45) is 0. The van der Waals surface area contributed by atoms with Crippen molar-refractivity contribution >= 4 is 28.7 Å². The Bertz CT molecular complexity index is 1630. The van der Waals surface area contributed by atoms with Gasteiger partial charge in [-0.25, -0.2) is 32.3 Å². The van der Waals surface area contributed by atoms with E-state index in [1.54, 1.807) is 6.92 Å². The molecule has 4 rings (SSSR count). The fourth-order valence-electron chi connectivity index (χ4n) is 3.74. The van der Waals surface area contributed by atoms with Crippen molar-refractivity contribution < 1.29 is 41.7 Å². The number of halogens is 4. The molecule has 1 N–H and O–H groups in total. The Hall–Kier alpha value is -4.46. The van der Waals surface area contributed by atoms with E-state index in [0.717, 1.165) is 10.6 Å². The normalized spacial score (nSPS) is 11.0. The molecule has 2 aromatic heterocycles. The van der Waals surface area contributed by atoms with E-state index in [0.29, 0.717) is 0 Å². The van der Waals surface area contributed by atoms with Gasteiger partial charge in [-0.15, -0.1) is 0 Å². The van der Waals surface area contributed by atoms with Gasteiger partial charge in [0.25, 0.3) is 0 Å². The maximum atomic E-state index is 14.6. The number of hydrogen-bond acceptors (Lipinski definition) is 9. The van der Waals surface area contributed by atoms with Crippen molar-refractivity contribution in [2.24, 2.45) is 0 Å². The highest BCUT2D eigenvalue weighted by molar-refractivity contribution is 6.32. The molecule has 2 aromatic carbocycles.